The Morgan fingerprint density at radius 2 is 2.00 bits per heavy atom. The minimum absolute atomic E-state index is 0. The van der Waals surface area contributed by atoms with Gasteiger partial charge in [-0.25, -0.2) is 0 Å². The van der Waals surface area contributed by atoms with E-state index in [0.29, 0.717) is 17.1 Å². The molecular weight excluding hydrogens is 259 g/mol. The van der Waals surface area contributed by atoms with Crippen LogP contribution in [-0.4, -0.2) is 13.0 Å². The summed E-state index contributed by atoms with van der Waals surface area (Å²) in [6.45, 7) is 0.0189. The number of fused-ring (bicyclic) bond motifs is 1. The van der Waals surface area contributed by atoms with Crippen LogP contribution in [0.2, 0.25) is 0 Å². The SMILES string of the molecule is Cl.N[C@H](CC(F)(F)F)c1cccc2c1OCO2. The van der Waals surface area contributed by atoms with Crippen molar-refractivity contribution in [3.63, 3.8) is 0 Å². The van der Waals surface area contributed by atoms with E-state index in [2.05, 4.69) is 0 Å². The second-order valence-corrected chi connectivity index (χ2v) is 3.51. The molecule has 0 spiro atoms. The molecule has 1 atom stereocenters. The molecule has 2 N–H and O–H groups in total. The van der Waals surface area contributed by atoms with Gasteiger partial charge in [0, 0.05) is 11.6 Å². The van der Waals surface area contributed by atoms with Crippen LogP contribution in [0, 0.1) is 0 Å². The van der Waals surface area contributed by atoms with Gasteiger partial charge in [-0.3, -0.25) is 0 Å². The van der Waals surface area contributed by atoms with Crippen molar-refractivity contribution in [2.24, 2.45) is 5.73 Å². The van der Waals surface area contributed by atoms with Gasteiger partial charge >= 0.3 is 6.18 Å². The van der Waals surface area contributed by atoms with E-state index in [0.717, 1.165) is 0 Å². The van der Waals surface area contributed by atoms with Crippen molar-refractivity contribution in [3.8, 4) is 11.5 Å². The lowest BCUT2D eigenvalue weighted by Crippen LogP contribution is -2.20. The Hall–Kier alpha value is -1.14. The monoisotopic (exact) mass is 269 g/mol. The Bertz CT molecular complexity index is 398. The van der Waals surface area contributed by atoms with Crippen LogP contribution in [0.15, 0.2) is 18.2 Å². The lowest BCUT2D eigenvalue weighted by atomic mass is 10.0. The predicted molar refractivity (Wildman–Crippen MR) is 57.4 cm³/mol. The van der Waals surface area contributed by atoms with E-state index in [1.807, 2.05) is 0 Å². The van der Waals surface area contributed by atoms with Gasteiger partial charge in [0.2, 0.25) is 6.79 Å². The van der Waals surface area contributed by atoms with Gasteiger partial charge in [0.25, 0.3) is 0 Å². The molecule has 1 heterocycles. The highest BCUT2D eigenvalue weighted by Crippen LogP contribution is 2.40. The molecule has 1 aromatic carbocycles. The standard InChI is InChI=1S/C10H10F3NO2.ClH/c11-10(12,13)4-7(14)6-2-1-3-8-9(6)16-5-15-8;/h1-3,7H,4-5,14H2;1H/t7-;/m1./s1. The molecule has 2 rings (SSSR count). The fourth-order valence-corrected chi connectivity index (χ4v) is 1.60. The number of halogens is 4. The molecule has 0 radical (unpaired) electrons. The van der Waals surface area contributed by atoms with Crippen LogP contribution >= 0.6 is 12.4 Å². The summed E-state index contributed by atoms with van der Waals surface area (Å²) in [5, 5.41) is 0. The zero-order chi connectivity index (χ0) is 11.8. The van der Waals surface area contributed by atoms with Crippen LogP contribution in [0.4, 0.5) is 13.2 Å². The summed E-state index contributed by atoms with van der Waals surface area (Å²) in [7, 11) is 0. The van der Waals surface area contributed by atoms with Crippen molar-refractivity contribution in [1.82, 2.24) is 0 Å². The number of para-hydroxylation sites is 1. The van der Waals surface area contributed by atoms with Crippen molar-refractivity contribution in [1.29, 1.82) is 0 Å². The highest BCUT2D eigenvalue weighted by molar-refractivity contribution is 5.85. The molecule has 17 heavy (non-hydrogen) atoms. The lowest BCUT2D eigenvalue weighted by Gasteiger charge is -2.15. The summed E-state index contributed by atoms with van der Waals surface area (Å²) < 4.78 is 46.7. The summed E-state index contributed by atoms with van der Waals surface area (Å²) >= 11 is 0. The van der Waals surface area contributed by atoms with Crippen molar-refractivity contribution in [2.75, 3.05) is 6.79 Å². The summed E-state index contributed by atoms with van der Waals surface area (Å²) in [5.74, 6) is 0.759. The molecule has 0 saturated carbocycles. The van der Waals surface area contributed by atoms with Gasteiger partial charge in [0.15, 0.2) is 11.5 Å². The van der Waals surface area contributed by atoms with Gasteiger partial charge in [-0.1, -0.05) is 12.1 Å². The average Bonchev–Trinajstić information content (AvgIpc) is 2.61. The molecule has 0 unspecified atom stereocenters. The third kappa shape index (κ3) is 3.17. The van der Waals surface area contributed by atoms with Crippen molar-refractivity contribution in [3.05, 3.63) is 23.8 Å². The zero-order valence-corrected chi connectivity index (χ0v) is 9.48. The van der Waals surface area contributed by atoms with Crippen LogP contribution in [0.1, 0.15) is 18.0 Å². The Morgan fingerprint density at radius 3 is 2.65 bits per heavy atom. The number of rotatable bonds is 2. The Kier molecular flexibility index (Phi) is 4.11. The molecule has 1 aliphatic rings. The van der Waals surface area contributed by atoms with E-state index in [4.69, 9.17) is 15.2 Å². The topological polar surface area (TPSA) is 44.5 Å². The Balaban J connectivity index is 0.00000144. The summed E-state index contributed by atoms with van der Waals surface area (Å²) in [5.41, 5.74) is 5.82. The van der Waals surface area contributed by atoms with Gasteiger partial charge in [-0.05, 0) is 6.07 Å². The molecule has 0 amide bonds. The molecule has 0 bridgehead atoms. The minimum Gasteiger partial charge on any atom is -0.454 e. The molecule has 7 heteroatoms. The van der Waals surface area contributed by atoms with E-state index in [9.17, 15) is 13.2 Å². The molecular formula is C10H11ClF3NO2. The van der Waals surface area contributed by atoms with E-state index >= 15 is 0 Å². The highest BCUT2D eigenvalue weighted by Gasteiger charge is 2.33. The second kappa shape index (κ2) is 5.01. The van der Waals surface area contributed by atoms with Crippen molar-refractivity contribution in [2.45, 2.75) is 18.6 Å². The van der Waals surface area contributed by atoms with Crippen LogP contribution < -0.4 is 15.2 Å². The smallest absolute Gasteiger partial charge is 0.390 e. The number of ether oxygens (including phenoxy) is 2. The maximum Gasteiger partial charge on any atom is 0.390 e. The number of nitrogens with two attached hydrogens (primary N) is 1. The van der Waals surface area contributed by atoms with Gasteiger partial charge in [0.1, 0.15) is 0 Å². The third-order valence-electron chi connectivity index (χ3n) is 2.28. The summed E-state index contributed by atoms with van der Waals surface area (Å²) in [4.78, 5) is 0. The van der Waals surface area contributed by atoms with Crippen LogP contribution in [0.5, 0.6) is 11.5 Å². The summed E-state index contributed by atoms with van der Waals surface area (Å²) in [6, 6.07) is 3.62. The molecule has 0 saturated heterocycles. The maximum absolute atomic E-state index is 12.2. The van der Waals surface area contributed by atoms with Gasteiger partial charge in [-0.15, -0.1) is 12.4 Å². The molecule has 0 aromatic heterocycles. The molecule has 3 nitrogen and oxygen atoms in total. The number of benzene rings is 1. The Labute approximate surface area is 102 Å². The first kappa shape index (κ1) is 13.9. The van der Waals surface area contributed by atoms with Crippen LogP contribution in [-0.2, 0) is 0 Å². The fourth-order valence-electron chi connectivity index (χ4n) is 1.60. The van der Waals surface area contributed by atoms with E-state index in [-0.39, 0.29) is 19.2 Å². The van der Waals surface area contributed by atoms with Gasteiger partial charge in [0.05, 0.1) is 6.42 Å². The predicted octanol–water partition coefficient (Wildman–Crippen LogP) is 2.79. The average molecular weight is 270 g/mol. The highest BCUT2D eigenvalue weighted by atomic mass is 35.5. The largest absolute Gasteiger partial charge is 0.454 e. The molecule has 96 valence electrons. The van der Waals surface area contributed by atoms with E-state index in [1.165, 1.54) is 6.07 Å². The quantitative estimate of drug-likeness (QED) is 0.898. The third-order valence-corrected chi connectivity index (χ3v) is 2.28. The lowest BCUT2D eigenvalue weighted by molar-refractivity contribution is -0.138. The zero-order valence-electron chi connectivity index (χ0n) is 8.66. The van der Waals surface area contributed by atoms with E-state index < -0.39 is 18.6 Å². The van der Waals surface area contributed by atoms with Crippen LogP contribution in [0.3, 0.4) is 0 Å². The van der Waals surface area contributed by atoms with Gasteiger partial charge < -0.3 is 15.2 Å². The second-order valence-electron chi connectivity index (χ2n) is 3.51. The van der Waals surface area contributed by atoms with Crippen molar-refractivity contribution >= 4 is 12.4 Å². The fraction of sp³-hybridized carbons (Fsp3) is 0.400. The Morgan fingerprint density at radius 1 is 1.29 bits per heavy atom. The minimum atomic E-state index is -4.29. The van der Waals surface area contributed by atoms with E-state index in [1.54, 1.807) is 12.1 Å². The molecule has 1 aromatic rings. The molecule has 0 aliphatic carbocycles. The maximum atomic E-state index is 12.2. The summed E-state index contributed by atoms with van der Waals surface area (Å²) in [6.07, 6.45) is -5.37. The molecule has 1 aliphatic heterocycles. The first-order valence-electron chi connectivity index (χ1n) is 4.68. The number of hydrogen-bond donors (Lipinski definition) is 1. The van der Waals surface area contributed by atoms with Crippen LogP contribution in [0.25, 0.3) is 0 Å². The molecule has 0 fully saturated rings. The normalized spacial score (nSPS) is 15.3. The number of hydrogen-bond acceptors (Lipinski definition) is 3. The first-order valence-corrected chi connectivity index (χ1v) is 4.68. The number of alkyl halides is 3. The van der Waals surface area contributed by atoms with Gasteiger partial charge in [-0.2, -0.15) is 13.2 Å². The first-order chi connectivity index (χ1) is 7.47. The van der Waals surface area contributed by atoms with Crippen molar-refractivity contribution < 1.29 is 22.6 Å².